The molecule has 4 rings (SSSR count). The second-order valence-electron chi connectivity index (χ2n) is 7.44. The van der Waals surface area contributed by atoms with Crippen molar-refractivity contribution in [2.75, 3.05) is 11.9 Å². The number of hydrogen-bond donors (Lipinski definition) is 1. The summed E-state index contributed by atoms with van der Waals surface area (Å²) in [5, 5.41) is 7.65. The number of allylic oxidation sites excluding steroid dienone is 1. The van der Waals surface area contributed by atoms with Gasteiger partial charge in [-0.05, 0) is 67.6 Å². The number of halogens is 3. The summed E-state index contributed by atoms with van der Waals surface area (Å²) in [6.07, 6.45) is 4.00. The molecule has 0 spiro atoms. The van der Waals surface area contributed by atoms with Crippen LogP contribution < -0.4 is 10.1 Å². The predicted molar refractivity (Wildman–Crippen MR) is 113 cm³/mol. The highest BCUT2D eigenvalue weighted by Gasteiger charge is 2.26. The number of rotatable bonds is 7. The Balaban J connectivity index is 1.83. The number of nitrogens with one attached hydrogen (secondary N) is 1. The van der Waals surface area contributed by atoms with Crippen LogP contribution in [-0.4, -0.2) is 28.9 Å². The van der Waals surface area contributed by atoms with Gasteiger partial charge in [0.2, 0.25) is 0 Å². The minimum atomic E-state index is -3.04. The van der Waals surface area contributed by atoms with Crippen LogP contribution in [-0.2, 0) is 11.2 Å². The van der Waals surface area contributed by atoms with Gasteiger partial charge in [-0.1, -0.05) is 6.08 Å². The molecule has 1 N–H and O–H groups in total. The van der Waals surface area contributed by atoms with Gasteiger partial charge in [-0.25, -0.2) is 9.07 Å². The van der Waals surface area contributed by atoms with E-state index in [1.807, 2.05) is 0 Å². The van der Waals surface area contributed by atoms with Gasteiger partial charge in [-0.3, -0.25) is 4.79 Å². The van der Waals surface area contributed by atoms with Crippen molar-refractivity contribution in [1.82, 2.24) is 9.78 Å². The summed E-state index contributed by atoms with van der Waals surface area (Å²) >= 11 is 0. The lowest BCUT2D eigenvalue weighted by Gasteiger charge is -2.24. The number of fused-ring (bicyclic) bond motifs is 1. The fourth-order valence-electron chi connectivity index (χ4n) is 3.76. The van der Waals surface area contributed by atoms with Crippen molar-refractivity contribution in [3.8, 4) is 5.75 Å². The SMILES string of the molecule is C=CCc1cc(OC(F)F)c2c(c1)c(NC(=O)c1ccc(F)cc1)nn2C1CCCCO1. The van der Waals surface area contributed by atoms with Crippen LogP contribution in [0.2, 0.25) is 0 Å². The molecule has 0 bridgehead atoms. The monoisotopic (exact) mass is 445 g/mol. The number of benzene rings is 2. The minimum absolute atomic E-state index is 0.0571. The lowest BCUT2D eigenvalue weighted by Crippen LogP contribution is -2.20. The third-order valence-corrected chi connectivity index (χ3v) is 5.19. The van der Waals surface area contributed by atoms with Crippen LogP contribution in [0.4, 0.5) is 19.0 Å². The molecule has 1 atom stereocenters. The summed E-state index contributed by atoms with van der Waals surface area (Å²) in [6.45, 7) is 1.17. The molecule has 1 aliphatic rings. The van der Waals surface area contributed by atoms with E-state index in [1.165, 1.54) is 35.0 Å². The van der Waals surface area contributed by atoms with Gasteiger partial charge in [0.25, 0.3) is 5.91 Å². The lowest BCUT2D eigenvalue weighted by atomic mass is 10.1. The van der Waals surface area contributed by atoms with E-state index in [0.29, 0.717) is 35.9 Å². The fourth-order valence-corrected chi connectivity index (χ4v) is 3.76. The highest BCUT2D eigenvalue weighted by Crippen LogP contribution is 2.37. The first-order valence-corrected chi connectivity index (χ1v) is 10.3. The molecule has 1 aliphatic heterocycles. The number of hydrogen-bond acceptors (Lipinski definition) is 4. The normalized spacial score (nSPS) is 16.3. The molecular weight excluding hydrogens is 423 g/mol. The number of carbonyl (C=O) groups is 1. The van der Waals surface area contributed by atoms with E-state index >= 15 is 0 Å². The molecule has 0 radical (unpaired) electrons. The largest absolute Gasteiger partial charge is 0.432 e. The van der Waals surface area contributed by atoms with Gasteiger partial charge >= 0.3 is 6.61 Å². The first kappa shape index (κ1) is 21.9. The molecule has 168 valence electrons. The van der Waals surface area contributed by atoms with Crippen molar-refractivity contribution in [2.45, 2.75) is 38.5 Å². The van der Waals surface area contributed by atoms with Gasteiger partial charge in [0.05, 0.1) is 0 Å². The Morgan fingerprint density at radius 3 is 2.75 bits per heavy atom. The zero-order chi connectivity index (χ0) is 22.7. The quantitative estimate of drug-likeness (QED) is 0.491. The number of amides is 1. The van der Waals surface area contributed by atoms with E-state index in [9.17, 15) is 18.0 Å². The second kappa shape index (κ2) is 9.44. The van der Waals surface area contributed by atoms with Crippen LogP contribution in [0.1, 0.15) is 41.4 Å². The van der Waals surface area contributed by atoms with Gasteiger partial charge in [0.1, 0.15) is 11.3 Å². The van der Waals surface area contributed by atoms with E-state index < -0.39 is 24.6 Å². The summed E-state index contributed by atoms with van der Waals surface area (Å²) in [5.41, 5.74) is 1.21. The maximum atomic E-state index is 13.2. The third-order valence-electron chi connectivity index (χ3n) is 5.19. The molecule has 0 saturated carbocycles. The molecule has 1 aromatic heterocycles. The first-order valence-electron chi connectivity index (χ1n) is 10.3. The van der Waals surface area contributed by atoms with Crippen LogP contribution in [0.5, 0.6) is 5.75 Å². The van der Waals surface area contributed by atoms with Crippen molar-refractivity contribution < 1.29 is 27.4 Å². The number of aromatic nitrogens is 2. The Kier molecular flexibility index (Phi) is 6.45. The molecule has 1 fully saturated rings. The lowest BCUT2D eigenvalue weighted by molar-refractivity contribution is -0.0517. The maximum absolute atomic E-state index is 13.2. The smallest absolute Gasteiger partial charge is 0.387 e. The topological polar surface area (TPSA) is 65.4 Å². The number of ether oxygens (including phenoxy) is 2. The Labute approximate surface area is 182 Å². The molecule has 6 nitrogen and oxygen atoms in total. The Bertz CT molecular complexity index is 1120. The van der Waals surface area contributed by atoms with Crippen LogP contribution in [0.25, 0.3) is 10.9 Å². The number of alkyl halides is 2. The Morgan fingerprint density at radius 2 is 2.09 bits per heavy atom. The standard InChI is InChI=1S/C23H22F3N3O3/c1-2-5-14-12-17-20(18(13-14)32-23(25)26)29(19-6-3-4-11-31-19)28-21(17)27-22(30)15-7-9-16(24)10-8-15/h2,7-10,12-13,19,23H,1,3-6,11H2,(H,27,28,30). The average Bonchev–Trinajstić information content (AvgIpc) is 3.13. The van der Waals surface area contributed by atoms with Crippen molar-refractivity contribution >= 4 is 22.6 Å². The number of carbonyl (C=O) groups excluding carboxylic acids is 1. The summed E-state index contributed by atoms with van der Waals surface area (Å²) in [4.78, 5) is 12.7. The van der Waals surface area contributed by atoms with Crippen LogP contribution in [0.15, 0.2) is 49.1 Å². The number of nitrogens with zero attached hydrogens (tertiary/aromatic N) is 2. The molecule has 2 heterocycles. The second-order valence-corrected chi connectivity index (χ2v) is 7.44. The Hall–Kier alpha value is -3.33. The van der Waals surface area contributed by atoms with E-state index in [-0.39, 0.29) is 17.1 Å². The molecule has 1 amide bonds. The maximum Gasteiger partial charge on any atom is 0.387 e. The van der Waals surface area contributed by atoms with Gasteiger partial charge in [-0.2, -0.15) is 13.9 Å². The van der Waals surface area contributed by atoms with Crippen LogP contribution >= 0.6 is 0 Å². The highest BCUT2D eigenvalue weighted by atomic mass is 19.3. The fraction of sp³-hybridized carbons (Fsp3) is 0.304. The molecule has 3 aromatic rings. The molecule has 1 unspecified atom stereocenters. The molecule has 0 aliphatic carbocycles. The van der Waals surface area contributed by atoms with Gasteiger partial charge < -0.3 is 14.8 Å². The third kappa shape index (κ3) is 4.62. The summed E-state index contributed by atoms with van der Waals surface area (Å²) < 4.78 is 51.8. The highest BCUT2D eigenvalue weighted by molar-refractivity contribution is 6.08. The molecule has 1 saturated heterocycles. The minimum Gasteiger partial charge on any atom is -0.432 e. The molecule has 32 heavy (non-hydrogen) atoms. The molecule has 2 aromatic carbocycles. The van der Waals surface area contributed by atoms with Gasteiger partial charge in [-0.15, -0.1) is 6.58 Å². The predicted octanol–water partition coefficient (Wildman–Crippen LogP) is 5.46. The van der Waals surface area contributed by atoms with Crippen molar-refractivity contribution in [1.29, 1.82) is 0 Å². The van der Waals surface area contributed by atoms with Crippen molar-refractivity contribution in [2.24, 2.45) is 0 Å². The van der Waals surface area contributed by atoms with E-state index in [1.54, 1.807) is 12.1 Å². The van der Waals surface area contributed by atoms with Gasteiger partial charge in [0.15, 0.2) is 17.8 Å². The number of anilines is 1. The molecule has 9 heteroatoms. The zero-order valence-electron chi connectivity index (χ0n) is 17.2. The van der Waals surface area contributed by atoms with E-state index in [4.69, 9.17) is 9.47 Å². The van der Waals surface area contributed by atoms with Crippen LogP contribution in [0.3, 0.4) is 0 Å². The van der Waals surface area contributed by atoms with Crippen molar-refractivity contribution in [3.63, 3.8) is 0 Å². The summed E-state index contributed by atoms with van der Waals surface area (Å²) in [5.74, 6) is -0.855. The molecular formula is C23H22F3N3O3. The van der Waals surface area contributed by atoms with Crippen molar-refractivity contribution in [3.05, 3.63) is 66.0 Å². The van der Waals surface area contributed by atoms with Gasteiger partial charge in [0, 0.05) is 17.6 Å². The Morgan fingerprint density at radius 1 is 1.31 bits per heavy atom. The van der Waals surface area contributed by atoms with E-state index in [0.717, 1.165) is 12.8 Å². The first-order chi connectivity index (χ1) is 15.5. The summed E-state index contributed by atoms with van der Waals surface area (Å²) in [7, 11) is 0. The van der Waals surface area contributed by atoms with E-state index in [2.05, 4.69) is 17.0 Å². The van der Waals surface area contributed by atoms with Crippen LogP contribution in [0, 0.1) is 5.82 Å². The average molecular weight is 445 g/mol. The summed E-state index contributed by atoms with van der Waals surface area (Å²) in [6, 6.07) is 8.33. The zero-order valence-corrected chi connectivity index (χ0v) is 17.2.